The summed E-state index contributed by atoms with van der Waals surface area (Å²) in [5, 5.41) is 0. The van der Waals surface area contributed by atoms with Gasteiger partial charge in [-0.3, -0.25) is 14.5 Å². The van der Waals surface area contributed by atoms with E-state index in [0.29, 0.717) is 31.2 Å². The number of likely N-dealkylation sites (N-methyl/N-ethyl adjacent to an activating group) is 1. The SMILES string of the molecule is CCN(CC)C(=O)[C@H]1CN(c2ccc3c(c2)CC(=O)N3C2CC2)C(=O)O1. The van der Waals surface area contributed by atoms with Gasteiger partial charge in [0.25, 0.3) is 5.91 Å². The van der Waals surface area contributed by atoms with Gasteiger partial charge in [-0.05, 0) is 50.5 Å². The fraction of sp³-hybridized carbons (Fsp3) is 0.526. The minimum absolute atomic E-state index is 0.123. The Labute approximate surface area is 152 Å². The highest BCUT2D eigenvalue weighted by Gasteiger charge is 2.41. The summed E-state index contributed by atoms with van der Waals surface area (Å²) >= 11 is 0. The third kappa shape index (κ3) is 2.71. The Hall–Kier alpha value is -2.57. The molecule has 0 spiro atoms. The van der Waals surface area contributed by atoms with Gasteiger partial charge < -0.3 is 14.5 Å². The zero-order valence-electron chi connectivity index (χ0n) is 15.1. The van der Waals surface area contributed by atoms with Crippen LogP contribution in [0.2, 0.25) is 0 Å². The van der Waals surface area contributed by atoms with Crippen LogP contribution >= 0.6 is 0 Å². The van der Waals surface area contributed by atoms with E-state index in [1.165, 1.54) is 4.90 Å². The number of amides is 3. The molecule has 3 aliphatic rings. The summed E-state index contributed by atoms with van der Waals surface area (Å²) < 4.78 is 5.30. The van der Waals surface area contributed by atoms with Crippen molar-refractivity contribution in [2.45, 2.75) is 45.3 Å². The van der Waals surface area contributed by atoms with Crippen molar-refractivity contribution in [3.8, 4) is 0 Å². The summed E-state index contributed by atoms with van der Waals surface area (Å²) in [5.74, 6) is -0.0414. The first-order chi connectivity index (χ1) is 12.5. The predicted octanol–water partition coefficient (Wildman–Crippen LogP) is 1.93. The van der Waals surface area contributed by atoms with E-state index in [-0.39, 0.29) is 18.4 Å². The van der Waals surface area contributed by atoms with Crippen LogP contribution in [0.4, 0.5) is 16.2 Å². The van der Waals surface area contributed by atoms with Crippen molar-refractivity contribution in [2.24, 2.45) is 0 Å². The lowest BCUT2D eigenvalue weighted by atomic mass is 10.1. The normalized spacial score (nSPS) is 21.8. The largest absolute Gasteiger partial charge is 0.434 e. The molecular formula is C19H23N3O4. The van der Waals surface area contributed by atoms with E-state index in [1.54, 1.807) is 4.90 Å². The number of fused-ring (bicyclic) bond motifs is 1. The van der Waals surface area contributed by atoms with Gasteiger partial charge in [0.1, 0.15) is 0 Å². The van der Waals surface area contributed by atoms with Crippen LogP contribution in [0.5, 0.6) is 0 Å². The summed E-state index contributed by atoms with van der Waals surface area (Å²) in [4.78, 5) is 42.0. The van der Waals surface area contributed by atoms with Crippen molar-refractivity contribution in [1.29, 1.82) is 0 Å². The summed E-state index contributed by atoms with van der Waals surface area (Å²) in [7, 11) is 0. The van der Waals surface area contributed by atoms with Crippen LogP contribution in [-0.4, -0.2) is 54.6 Å². The minimum Gasteiger partial charge on any atom is -0.434 e. The molecule has 138 valence electrons. The molecule has 2 heterocycles. The van der Waals surface area contributed by atoms with E-state index in [9.17, 15) is 14.4 Å². The third-order valence-electron chi connectivity index (χ3n) is 5.32. The molecule has 7 nitrogen and oxygen atoms in total. The van der Waals surface area contributed by atoms with Crippen molar-refractivity contribution in [2.75, 3.05) is 29.4 Å². The number of hydrogen-bond donors (Lipinski definition) is 0. The number of ether oxygens (including phenoxy) is 1. The fourth-order valence-corrected chi connectivity index (χ4v) is 3.77. The zero-order chi connectivity index (χ0) is 18.4. The number of nitrogens with zero attached hydrogens (tertiary/aromatic N) is 3. The number of carbonyl (C=O) groups is 3. The van der Waals surface area contributed by atoms with Crippen molar-refractivity contribution < 1.29 is 19.1 Å². The number of hydrogen-bond acceptors (Lipinski definition) is 4. The van der Waals surface area contributed by atoms with Gasteiger partial charge in [0.2, 0.25) is 5.91 Å². The highest BCUT2D eigenvalue weighted by atomic mass is 16.6. The highest BCUT2D eigenvalue weighted by Crippen LogP contribution is 2.40. The van der Waals surface area contributed by atoms with E-state index in [4.69, 9.17) is 4.74 Å². The van der Waals surface area contributed by atoms with Crippen molar-refractivity contribution >= 4 is 29.3 Å². The van der Waals surface area contributed by atoms with E-state index >= 15 is 0 Å². The van der Waals surface area contributed by atoms with Gasteiger partial charge >= 0.3 is 6.09 Å². The number of anilines is 2. The number of benzene rings is 1. The van der Waals surface area contributed by atoms with Crippen LogP contribution in [0.1, 0.15) is 32.3 Å². The third-order valence-corrected chi connectivity index (χ3v) is 5.32. The second-order valence-electron chi connectivity index (χ2n) is 6.98. The molecule has 1 aromatic rings. The van der Waals surface area contributed by atoms with Crippen LogP contribution in [0.3, 0.4) is 0 Å². The molecule has 1 saturated carbocycles. The molecule has 26 heavy (non-hydrogen) atoms. The maximum Gasteiger partial charge on any atom is 0.415 e. The van der Waals surface area contributed by atoms with Crippen molar-refractivity contribution in [3.05, 3.63) is 23.8 Å². The first-order valence-corrected chi connectivity index (χ1v) is 9.25. The number of cyclic esters (lactones) is 1. The lowest BCUT2D eigenvalue weighted by Crippen LogP contribution is -2.40. The molecule has 0 radical (unpaired) electrons. The molecule has 1 aliphatic carbocycles. The maximum absolute atomic E-state index is 12.5. The van der Waals surface area contributed by atoms with E-state index < -0.39 is 12.2 Å². The summed E-state index contributed by atoms with van der Waals surface area (Å²) in [6, 6.07) is 5.95. The molecule has 2 fully saturated rings. The quantitative estimate of drug-likeness (QED) is 0.807. The van der Waals surface area contributed by atoms with Gasteiger partial charge in [-0.25, -0.2) is 4.79 Å². The molecular weight excluding hydrogens is 334 g/mol. The zero-order valence-corrected chi connectivity index (χ0v) is 15.1. The Bertz CT molecular complexity index is 770. The van der Waals surface area contributed by atoms with Crippen molar-refractivity contribution in [3.63, 3.8) is 0 Å². The van der Waals surface area contributed by atoms with Crippen LogP contribution in [0, 0.1) is 0 Å². The highest BCUT2D eigenvalue weighted by molar-refractivity contribution is 6.03. The molecule has 2 aliphatic heterocycles. The van der Waals surface area contributed by atoms with E-state index in [2.05, 4.69) is 0 Å². The van der Waals surface area contributed by atoms with E-state index in [1.807, 2.05) is 36.9 Å². The second kappa shape index (κ2) is 6.30. The second-order valence-corrected chi connectivity index (χ2v) is 6.98. The fourth-order valence-electron chi connectivity index (χ4n) is 3.77. The molecule has 0 N–H and O–H groups in total. The number of carbonyl (C=O) groups excluding carboxylic acids is 3. The molecule has 1 atom stereocenters. The van der Waals surface area contributed by atoms with Crippen LogP contribution in [0.15, 0.2) is 18.2 Å². The Balaban J connectivity index is 1.54. The van der Waals surface area contributed by atoms with Gasteiger partial charge in [0, 0.05) is 30.5 Å². The van der Waals surface area contributed by atoms with Gasteiger partial charge in [0.05, 0.1) is 13.0 Å². The van der Waals surface area contributed by atoms with Crippen molar-refractivity contribution in [1.82, 2.24) is 4.90 Å². The van der Waals surface area contributed by atoms with Gasteiger partial charge in [-0.2, -0.15) is 0 Å². The molecule has 7 heteroatoms. The number of rotatable bonds is 5. The summed E-state index contributed by atoms with van der Waals surface area (Å²) in [5.41, 5.74) is 2.56. The van der Waals surface area contributed by atoms with Gasteiger partial charge in [-0.1, -0.05) is 0 Å². The predicted molar refractivity (Wildman–Crippen MR) is 96.2 cm³/mol. The van der Waals surface area contributed by atoms with E-state index in [0.717, 1.165) is 24.1 Å². The Morgan fingerprint density at radius 3 is 2.62 bits per heavy atom. The first kappa shape index (κ1) is 16.9. The lowest BCUT2D eigenvalue weighted by molar-refractivity contribution is -0.138. The molecule has 1 aromatic carbocycles. The van der Waals surface area contributed by atoms with Crippen LogP contribution < -0.4 is 9.80 Å². The minimum atomic E-state index is -0.778. The molecule has 1 saturated heterocycles. The average Bonchev–Trinajstić information content (AvgIpc) is 3.30. The van der Waals surface area contributed by atoms with Gasteiger partial charge in [-0.15, -0.1) is 0 Å². The van der Waals surface area contributed by atoms with Crippen LogP contribution in [0.25, 0.3) is 0 Å². The summed E-state index contributed by atoms with van der Waals surface area (Å²) in [6.45, 7) is 5.17. The Morgan fingerprint density at radius 2 is 1.96 bits per heavy atom. The van der Waals surface area contributed by atoms with Gasteiger partial charge in [0.15, 0.2) is 6.10 Å². The topological polar surface area (TPSA) is 70.2 Å². The average molecular weight is 357 g/mol. The lowest BCUT2D eigenvalue weighted by Gasteiger charge is -2.21. The molecule has 4 rings (SSSR count). The maximum atomic E-state index is 12.5. The monoisotopic (exact) mass is 357 g/mol. The molecule has 3 amide bonds. The molecule has 0 aromatic heterocycles. The first-order valence-electron chi connectivity index (χ1n) is 9.25. The molecule has 0 unspecified atom stereocenters. The standard InChI is InChI=1S/C19H23N3O4/c1-3-20(4-2)18(24)16-11-21(19(25)26-16)14-7-8-15-12(9-14)10-17(23)22(15)13-5-6-13/h7-9,13,16H,3-6,10-11H2,1-2H3/t16-/m1/s1. The molecule has 0 bridgehead atoms. The Kier molecular flexibility index (Phi) is 4.09. The smallest absolute Gasteiger partial charge is 0.415 e. The Morgan fingerprint density at radius 1 is 1.23 bits per heavy atom. The van der Waals surface area contributed by atoms with Crippen LogP contribution in [-0.2, 0) is 20.7 Å². The summed E-state index contributed by atoms with van der Waals surface area (Å²) in [6.07, 6.45) is 1.19.